The number of benzene rings is 1. The van der Waals surface area contributed by atoms with Gasteiger partial charge in [-0.05, 0) is 23.6 Å². The molecule has 1 aromatic carbocycles. The van der Waals surface area contributed by atoms with Crippen LogP contribution in [-0.4, -0.2) is 25.0 Å². The summed E-state index contributed by atoms with van der Waals surface area (Å²) in [5.74, 6) is -0.185. The Morgan fingerprint density at radius 2 is 2.09 bits per heavy atom. The SMILES string of the molecule is CN(C)c1c(Cl)cccc1NC(=O)c1cnc(-c2cccs2)s1. The first kappa shape index (κ1) is 16.0. The van der Waals surface area contributed by atoms with Gasteiger partial charge in [0.2, 0.25) is 0 Å². The molecule has 0 spiro atoms. The lowest BCUT2D eigenvalue weighted by Gasteiger charge is -2.19. The van der Waals surface area contributed by atoms with Gasteiger partial charge in [-0.2, -0.15) is 0 Å². The third-order valence-electron chi connectivity index (χ3n) is 3.14. The van der Waals surface area contributed by atoms with Crippen molar-refractivity contribution in [2.45, 2.75) is 0 Å². The van der Waals surface area contributed by atoms with Gasteiger partial charge in [-0.25, -0.2) is 4.98 Å². The second-order valence-corrected chi connectivity index (χ2v) is 7.38. The number of aromatic nitrogens is 1. The van der Waals surface area contributed by atoms with Crippen LogP contribution in [0.5, 0.6) is 0 Å². The zero-order chi connectivity index (χ0) is 16.4. The number of carbonyl (C=O) groups is 1. The average Bonchev–Trinajstić information content (AvgIpc) is 3.18. The fourth-order valence-corrected chi connectivity index (χ4v) is 4.11. The normalized spacial score (nSPS) is 10.6. The highest BCUT2D eigenvalue weighted by atomic mass is 35.5. The Morgan fingerprint density at radius 1 is 1.26 bits per heavy atom. The van der Waals surface area contributed by atoms with Crippen LogP contribution in [0.15, 0.2) is 41.9 Å². The molecule has 0 atom stereocenters. The molecule has 0 aliphatic rings. The van der Waals surface area contributed by atoms with Crippen LogP contribution < -0.4 is 10.2 Å². The molecule has 0 bridgehead atoms. The summed E-state index contributed by atoms with van der Waals surface area (Å²) in [6.07, 6.45) is 1.61. The Kier molecular flexibility index (Phi) is 4.66. The van der Waals surface area contributed by atoms with E-state index in [1.807, 2.05) is 48.6 Å². The fraction of sp³-hybridized carbons (Fsp3) is 0.125. The number of hydrogen-bond acceptors (Lipinski definition) is 5. The van der Waals surface area contributed by atoms with Crippen LogP contribution >= 0.6 is 34.3 Å². The number of nitrogens with zero attached hydrogens (tertiary/aromatic N) is 2. The van der Waals surface area contributed by atoms with E-state index in [0.717, 1.165) is 15.6 Å². The molecule has 3 rings (SSSR count). The number of halogens is 1. The number of rotatable bonds is 4. The van der Waals surface area contributed by atoms with Gasteiger partial charge in [-0.3, -0.25) is 4.79 Å². The first-order chi connectivity index (χ1) is 11.1. The third-order valence-corrected chi connectivity index (χ3v) is 5.48. The van der Waals surface area contributed by atoms with Crippen molar-refractivity contribution in [2.75, 3.05) is 24.3 Å². The molecule has 3 aromatic rings. The fourth-order valence-electron chi connectivity index (χ4n) is 2.15. The lowest BCUT2D eigenvalue weighted by atomic mass is 10.2. The molecule has 7 heteroatoms. The first-order valence-electron chi connectivity index (χ1n) is 6.83. The van der Waals surface area contributed by atoms with Crippen molar-refractivity contribution >= 4 is 51.6 Å². The maximum atomic E-state index is 12.5. The van der Waals surface area contributed by atoms with Gasteiger partial charge in [0, 0.05) is 14.1 Å². The van der Waals surface area contributed by atoms with E-state index < -0.39 is 0 Å². The first-order valence-corrected chi connectivity index (χ1v) is 8.90. The van der Waals surface area contributed by atoms with Gasteiger partial charge in [0.1, 0.15) is 9.88 Å². The predicted octanol–water partition coefficient (Wildman–Crippen LogP) is 4.84. The van der Waals surface area contributed by atoms with Gasteiger partial charge >= 0.3 is 0 Å². The molecule has 0 aliphatic heterocycles. The standard InChI is InChI=1S/C16H14ClN3OS2/c1-20(2)14-10(17)5-3-6-11(14)19-15(21)13-9-18-16(23-13)12-7-4-8-22-12/h3-9H,1-2H3,(H,19,21). The van der Waals surface area contributed by atoms with Crippen molar-refractivity contribution in [3.8, 4) is 9.88 Å². The van der Waals surface area contributed by atoms with E-state index in [0.29, 0.717) is 15.6 Å². The minimum absolute atomic E-state index is 0.185. The molecule has 0 fully saturated rings. The lowest BCUT2D eigenvalue weighted by Crippen LogP contribution is -2.16. The summed E-state index contributed by atoms with van der Waals surface area (Å²) >= 11 is 9.21. The predicted molar refractivity (Wildman–Crippen MR) is 99.2 cm³/mol. The molecule has 1 amide bonds. The number of hydrogen-bond donors (Lipinski definition) is 1. The summed E-state index contributed by atoms with van der Waals surface area (Å²) in [6, 6.07) is 9.41. The topological polar surface area (TPSA) is 45.2 Å². The quantitative estimate of drug-likeness (QED) is 0.721. The highest BCUT2D eigenvalue weighted by Crippen LogP contribution is 2.34. The van der Waals surface area contributed by atoms with E-state index >= 15 is 0 Å². The van der Waals surface area contributed by atoms with E-state index in [2.05, 4.69) is 10.3 Å². The molecule has 23 heavy (non-hydrogen) atoms. The molecule has 0 saturated carbocycles. The maximum Gasteiger partial charge on any atom is 0.267 e. The van der Waals surface area contributed by atoms with Gasteiger partial charge in [0.25, 0.3) is 5.91 Å². The number of amides is 1. The van der Waals surface area contributed by atoms with Crippen molar-refractivity contribution in [3.63, 3.8) is 0 Å². The minimum atomic E-state index is -0.185. The van der Waals surface area contributed by atoms with E-state index in [9.17, 15) is 4.79 Å². The van der Waals surface area contributed by atoms with Gasteiger partial charge in [0.05, 0.1) is 27.5 Å². The molecule has 2 aromatic heterocycles. The molecule has 0 radical (unpaired) electrons. The number of thiazole rings is 1. The molecule has 0 aliphatic carbocycles. The maximum absolute atomic E-state index is 12.5. The van der Waals surface area contributed by atoms with Crippen LogP contribution in [0.25, 0.3) is 9.88 Å². The van der Waals surface area contributed by atoms with E-state index in [-0.39, 0.29) is 5.91 Å². The van der Waals surface area contributed by atoms with Gasteiger partial charge < -0.3 is 10.2 Å². The van der Waals surface area contributed by atoms with Crippen LogP contribution in [0.2, 0.25) is 5.02 Å². The van der Waals surface area contributed by atoms with E-state index in [1.165, 1.54) is 11.3 Å². The summed E-state index contributed by atoms with van der Waals surface area (Å²) in [7, 11) is 3.77. The van der Waals surface area contributed by atoms with E-state index in [1.54, 1.807) is 23.6 Å². The molecule has 4 nitrogen and oxygen atoms in total. The Morgan fingerprint density at radius 3 is 2.78 bits per heavy atom. The second-order valence-electron chi connectivity index (χ2n) is 4.99. The van der Waals surface area contributed by atoms with Crippen LogP contribution in [0.3, 0.4) is 0 Å². The number of carbonyl (C=O) groups excluding carboxylic acids is 1. The van der Waals surface area contributed by atoms with Crippen molar-refractivity contribution in [2.24, 2.45) is 0 Å². The summed E-state index contributed by atoms with van der Waals surface area (Å²) in [6.45, 7) is 0. The zero-order valence-electron chi connectivity index (χ0n) is 12.5. The average molecular weight is 364 g/mol. The van der Waals surface area contributed by atoms with Crippen molar-refractivity contribution in [3.05, 3.63) is 51.8 Å². The molecule has 0 unspecified atom stereocenters. The van der Waals surface area contributed by atoms with Crippen LogP contribution in [-0.2, 0) is 0 Å². The summed E-state index contributed by atoms with van der Waals surface area (Å²) in [5.41, 5.74) is 1.46. The van der Waals surface area contributed by atoms with Crippen LogP contribution in [0.1, 0.15) is 9.67 Å². The zero-order valence-corrected chi connectivity index (χ0v) is 14.9. The summed E-state index contributed by atoms with van der Waals surface area (Å²) in [4.78, 5) is 20.3. The number of thiophene rings is 1. The molecular weight excluding hydrogens is 350 g/mol. The Labute approximate surface area is 147 Å². The molecule has 0 saturated heterocycles. The highest BCUT2D eigenvalue weighted by Gasteiger charge is 2.16. The van der Waals surface area contributed by atoms with Crippen molar-refractivity contribution in [1.82, 2.24) is 4.98 Å². The number of anilines is 2. The van der Waals surface area contributed by atoms with Crippen molar-refractivity contribution < 1.29 is 4.79 Å². The smallest absolute Gasteiger partial charge is 0.267 e. The third kappa shape index (κ3) is 3.39. The summed E-state index contributed by atoms with van der Waals surface area (Å²) in [5, 5.41) is 6.35. The molecular formula is C16H14ClN3OS2. The number of para-hydroxylation sites is 1. The van der Waals surface area contributed by atoms with Crippen molar-refractivity contribution in [1.29, 1.82) is 0 Å². The highest BCUT2D eigenvalue weighted by molar-refractivity contribution is 7.22. The number of nitrogens with one attached hydrogen (secondary N) is 1. The monoisotopic (exact) mass is 363 g/mol. The Balaban J connectivity index is 1.84. The molecule has 118 valence electrons. The van der Waals surface area contributed by atoms with Gasteiger partial charge in [0.15, 0.2) is 0 Å². The summed E-state index contributed by atoms with van der Waals surface area (Å²) < 4.78 is 0. The lowest BCUT2D eigenvalue weighted by molar-refractivity contribution is 0.103. The second kappa shape index (κ2) is 6.70. The van der Waals surface area contributed by atoms with Gasteiger partial charge in [-0.15, -0.1) is 22.7 Å². The Hall–Kier alpha value is -1.89. The minimum Gasteiger partial charge on any atom is -0.375 e. The molecule has 2 heterocycles. The Bertz CT molecular complexity index is 828. The largest absolute Gasteiger partial charge is 0.375 e. The molecule has 1 N–H and O–H groups in total. The van der Waals surface area contributed by atoms with E-state index in [4.69, 9.17) is 11.6 Å². The van der Waals surface area contributed by atoms with Crippen LogP contribution in [0.4, 0.5) is 11.4 Å². The van der Waals surface area contributed by atoms with Gasteiger partial charge in [-0.1, -0.05) is 23.7 Å². The van der Waals surface area contributed by atoms with Crippen LogP contribution in [0, 0.1) is 0 Å².